The van der Waals surface area contributed by atoms with Crippen LogP contribution in [0.1, 0.15) is 31.7 Å². The molecule has 160 valence electrons. The number of hydrogen-bond acceptors (Lipinski definition) is 7. The summed E-state index contributed by atoms with van der Waals surface area (Å²) in [6, 6.07) is 7.40. The topological polar surface area (TPSA) is 116 Å². The van der Waals surface area contributed by atoms with Crippen molar-refractivity contribution >= 4 is 10.0 Å². The van der Waals surface area contributed by atoms with Gasteiger partial charge in [-0.25, -0.2) is 13.1 Å². The van der Waals surface area contributed by atoms with Gasteiger partial charge in [0, 0.05) is 17.7 Å². The molecule has 2 aromatic heterocycles. The Bertz CT molecular complexity index is 1210. The maximum atomic E-state index is 12.9. The zero-order valence-electron chi connectivity index (χ0n) is 17.5. The highest BCUT2D eigenvalue weighted by molar-refractivity contribution is 7.89. The summed E-state index contributed by atoms with van der Waals surface area (Å²) in [7, 11) is -2.41. The highest BCUT2D eigenvalue weighted by atomic mass is 32.2. The molecule has 10 heteroatoms. The number of aryl methyl sites for hydroxylation is 2. The van der Waals surface area contributed by atoms with Gasteiger partial charge in [-0.1, -0.05) is 12.1 Å². The predicted molar refractivity (Wildman–Crippen MR) is 111 cm³/mol. The molecular weight excluding hydrogens is 408 g/mol. The molecule has 30 heavy (non-hydrogen) atoms. The summed E-state index contributed by atoms with van der Waals surface area (Å²) < 4.78 is 40.0. The molecule has 2 heterocycles. The number of benzene rings is 1. The molecule has 9 nitrogen and oxygen atoms in total. The van der Waals surface area contributed by atoms with Crippen LogP contribution in [0.4, 0.5) is 0 Å². The van der Waals surface area contributed by atoms with Crippen molar-refractivity contribution in [3.8, 4) is 22.7 Å². The monoisotopic (exact) mass is 432 g/mol. The number of aromatic nitrogens is 3. The molecular formula is C20H24N4O5S. The summed E-state index contributed by atoms with van der Waals surface area (Å²) in [4.78, 5) is 12.4. The largest absolute Gasteiger partial charge is 0.495 e. The van der Waals surface area contributed by atoms with Crippen LogP contribution in [-0.4, -0.2) is 36.5 Å². The van der Waals surface area contributed by atoms with Gasteiger partial charge in [-0.2, -0.15) is 9.78 Å². The van der Waals surface area contributed by atoms with E-state index in [0.29, 0.717) is 34.8 Å². The third kappa shape index (κ3) is 4.14. The van der Waals surface area contributed by atoms with E-state index in [-0.39, 0.29) is 22.2 Å². The minimum atomic E-state index is -3.82. The molecule has 0 amide bonds. The Morgan fingerprint density at radius 3 is 2.57 bits per heavy atom. The Kier molecular flexibility index (Phi) is 6.09. The number of rotatable bonds is 7. The van der Waals surface area contributed by atoms with Crippen LogP contribution in [0.5, 0.6) is 5.75 Å². The van der Waals surface area contributed by atoms with Crippen molar-refractivity contribution in [1.29, 1.82) is 0 Å². The molecule has 1 aromatic carbocycles. The van der Waals surface area contributed by atoms with E-state index in [1.165, 1.54) is 30.0 Å². The van der Waals surface area contributed by atoms with Gasteiger partial charge in [0.15, 0.2) is 5.76 Å². The second-order valence-electron chi connectivity index (χ2n) is 6.94. The van der Waals surface area contributed by atoms with E-state index in [9.17, 15) is 13.2 Å². The molecule has 0 fully saturated rings. The lowest BCUT2D eigenvalue weighted by atomic mass is 10.1. The summed E-state index contributed by atoms with van der Waals surface area (Å²) in [5.41, 5.74) is 1.56. The van der Waals surface area contributed by atoms with Gasteiger partial charge in [-0.3, -0.25) is 4.79 Å². The highest BCUT2D eigenvalue weighted by Crippen LogP contribution is 2.29. The van der Waals surface area contributed by atoms with Gasteiger partial charge < -0.3 is 9.26 Å². The van der Waals surface area contributed by atoms with Gasteiger partial charge in [0.2, 0.25) is 10.0 Å². The van der Waals surface area contributed by atoms with Crippen molar-refractivity contribution in [1.82, 2.24) is 19.7 Å². The van der Waals surface area contributed by atoms with Crippen molar-refractivity contribution in [2.45, 2.75) is 45.1 Å². The van der Waals surface area contributed by atoms with E-state index in [1.54, 1.807) is 32.9 Å². The Morgan fingerprint density at radius 2 is 1.97 bits per heavy atom. The van der Waals surface area contributed by atoms with Crippen molar-refractivity contribution in [2.24, 2.45) is 0 Å². The van der Waals surface area contributed by atoms with Crippen LogP contribution in [0.25, 0.3) is 16.9 Å². The third-order valence-electron chi connectivity index (χ3n) is 4.73. The van der Waals surface area contributed by atoms with E-state index in [0.717, 1.165) is 0 Å². The van der Waals surface area contributed by atoms with Crippen LogP contribution >= 0.6 is 0 Å². The molecule has 0 radical (unpaired) electrons. The summed E-state index contributed by atoms with van der Waals surface area (Å²) >= 11 is 0. The Balaban J connectivity index is 2.14. The number of methoxy groups -OCH3 is 1. The Morgan fingerprint density at radius 1 is 1.23 bits per heavy atom. The summed E-state index contributed by atoms with van der Waals surface area (Å²) in [5, 5.41) is 8.27. The zero-order chi connectivity index (χ0) is 22.1. The van der Waals surface area contributed by atoms with Crippen LogP contribution in [0.2, 0.25) is 0 Å². The molecule has 3 aromatic rings. The van der Waals surface area contributed by atoms with E-state index in [4.69, 9.17) is 9.26 Å². The lowest BCUT2D eigenvalue weighted by Crippen LogP contribution is -2.32. The first kappa shape index (κ1) is 21.7. The lowest BCUT2D eigenvalue weighted by Gasteiger charge is -2.15. The van der Waals surface area contributed by atoms with Gasteiger partial charge in [0.05, 0.1) is 12.8 Å². The molecule has 1 atom stereocenters. The highest BCUT2D eigenvalue weighted by Gasteiger charge is 2.23. The van der Waals surface area contributed by atoms with Crippen LogP contribution < -0.4 is 15.0 Å². The zero-order valence-corrected chi connectivity index (χ0v) is 18.3. The maximum Gasteiger partial charge on any atom is 0.271 e. The summed E-state index contributed by atoms with van der Waals surface area (Å²) in [6.45, 7) is 7.08. The number of nitrogens with zero attached hydrogens (tertiary/aromatic N) is 3. The number of sulfonamides is 1. The number of ether oxygens (including phenoxy) is 1. The van der Waals surface area contributed by atoms with Crippen molar-refractivity contribution in [3.05, 3.63) is 52.1 Å². The van der Waals surface area contributed by atoms with Crippen molar-refractivity contribution in [2.75, 3.05) is 7.11 Å². The van der Waals surface area contributed by atoms with Crippen molar-refractivity contribution in [3.63, 3.8) is 0 Å². The summed E-state index contributed by atoms with van der Waals surface area (Å²) in [6.07, 6.45) is 0.644. The van der Waals surface area contributed by atoms with Crippen LogP contribution in [0.15, 0.2) is 44.5 Å². The Labute approximate surface area is 174 Å². The molecule has 3 rings (SSSR count). The fourth-order valence-corrected chi connectivity index (χ4v) is 4.49. The van der Waals surface area contributed by atoms with E-state index in [1.807, 2.05) is 6.92 Å². The van der Waals surface area contributed by atoms with E-state index >= 15 is 0 Å². The maximum absolute atomic E-state index is 12.9. The molecule has 1 N–H and O–H groups in total. The van der Waals surface area contributed by atoms with E-state index in [2.05, 4.69) is 15.0 Å². The molecule has 0 saturated carbocycles. The first-order valence-electron chi connectivity index (χ1n) is 9.42. The molecule has 0 aliphatic heterocycles. The van der Waals surface area contributed by atoms with Gasteiger partial charge in [0.25, 0.3) is 5.56 Å². The first-order valence-corrected chi connectivity index (χ1v) is 10.9. The van der Waals surface area contributed by atoms with Gasteiger partial charge in [-0.05, 0) is 51.5 Å². The van der Waals surface area contributed by atoms with Crippen LogP contribution in [0.3, 0.4) is 0 Å². The normalized spacial score (nSPS) is 12.7. The van der Waals surface area contributed by atoms with Crippen LogP contribution in [0, 0.1) is 13.8 Å². The molecule has 1 unspecified atom stereocenters. The lowest BCUT2D eigenvalue weighted by molar-refractivity contribution is 0.392. The second-order valence-corrected chi connectivity index (χ2v) is 8.62. The molecule has 0 saturated heterocycles. The first-order chi connectivity index (χ1) is 14.2. The predicted octanol–water partition coefficient (Wildman–Crippen LogP) is 2.59. The SMILES string of the molecule is CCC(C)NS(=O)(=O)c1cc(-c2ccc(=O)n(-c3c(C)noc3C)n2)ccc1OC. The molecule has 0 bridgehead atoms. The molecule has 0 spiro atoms. The molecule has 0 aliphatic rings. The fourth-order valence-electron chi connectivity index (χ4n) is 2.96. The van der Waals surface area contributed by atoms with Gasteiger partial charge in [0.1, 0.15) is 22.0 Å². The standard InChI is InChI=1S/C20H24N4O5S/c1-6-12(2)23-30(26,27)18-11-15(7-9-17(18)28-5)16-8-10-19(25)24(21-16)20-13(3)22-29-14(20)4/h7-12,23H,6H2,1-5H3. The number of hydrogen-bond donors (Lipinski definition) is 1. The second kappa shape index (κ2) is 8.41. The molecule has 0 aliphatic carbocycles. The smallest absolute Gasteiger partial charge is 0.271 e. The Hall–Kier alpha value is -2.98. The van der Waals surface area contributed by atoms with E-state index < -0.39 is 10.0 Å². The minimum Gasteiger partial charge on any atom is -0.495 e. The fraction of sp³-hybridized carbons (Fsp3) is 0.350. The quantitative estimate of drug-likeness (QED) is 0.610. The van der Waals surface area contributed by atoms with Gasteiger partial charge in [-0.15, -0.1) is 0 Å². The number of nitrogens with one attached hydrogen (secondary N) is 1. The average molecular weight is 433 g/mol. The van der Waals surface area contributed by atoms with Gasteiger partial charge >= 0.3 is 0 Å². The minimum absolute atomic E-state index is 0.000288. The third-order valence-corrected chi connectivity index (χ3v) is 6.34. The van der Waals surface area contributed by atoms with Crippen molar-refractivity contribution < 1.29 is 17.7 Å². The average Bonchev–Trinajstić information content (AvgIpc) is 3.05. The summed E-state index contributed by atoms with van der Waals surface area (Å²) in [5.74, 6) is 0.670. The van der Waals surface area contributed by atoms with Crippen LogP contribution in [-0.2, 0) is 10.0 Å².